The molecule has 0 aliphatic rings. The molecule has 0 bridgehead atoms. The van der Waals surface area contributed by atoms with Gasteiger partial charge in [-0.25, -0.2) is 4.39 Å². The van der Waals surface area contributed by atoms with Crippen molar-refractivity contribution in [3.63, 3.8) is 0 Å². The molecule has 0 unspecified atom stereocenters. The minimum Gasteiger partial charge on any atom is -0.493 e. The van der Waals surface area contributed by atoms with Crippen LogP contribution in [0.25, 0.3) is 23.1 Å². The predicted molar refractivity (Wildman–Crippen MR) is 113 cm³/mol. The van der Waals surface area contributed by atoms with E-state index in [4.69, 9.17) is 25.2 Å². The van der Waals surface area contributed by atoms with Crippen LogP contribution in [0.2, 0.25) is 5.02 Å². The van der Waals surface area contributed by atoms with Gasteiger partial charge >= 0.3 is 0 Å². The van der Waals surface area contributed by atoms with E-state index in [9.17, 15) is 9.18 Å². The Bertz CT molecular complexity index is 1210. The first kappa shape index (κ1) is 20.6. The zero-order valence-corrected chi connectivity index (χ0v) is 17.1. The molecule has 2 aromatic heterocycles. The van der Waals surface area contributed by atoms with Gasteiger partial charge in [0.25, 0.3) is 11.8 Å². The lowest BCUT2D eigenvalue weighted by Gasteiger charge is -2.12. The highest BCUT2D eigenvalue weighted by atomic mass is 35.5. The zero-order valence-electron chi connectivity index (χ0n) is 16.4. The largest absolute Gasteiger partial charge is 0.493 e. The monoisotopic (exact) mass is 441 g/mol. The molecule has 0 radical (unpaired) electrons. The number of aromatic nitrogens is 2. The molecule has 2 heterocycles. The fourth-order valence-electron chi connectivity index (χ4n) is 2.80. The topological polar surface area (TPSA) is 90.4 Å². The van der Waals surface area contributed by atoms with E-state index in [0.717, 1.165) is 6.42 Å². The molecule has 0 aliphatic heterocycles. The number of nitrogens with zero attached hydrogens (tertiary/aromatic N) is 2. The van der Waals surface area contributed by atoms with Gasteiger partial charge in [0.1, 0.15) is 11.6 Å². The third kappa shape index (κ3) is 4.59. The molecule has 9 heteroatoms. The SMILES string of the molecule is CCCOc1ccc(Cl)cc1C(=O)Nc1cc(-c2nnc(-c3ccco3)o2)ccc1F. The summed E-state index contributed by atoms with van der Waals surface area (Å²) in [4.78, 5) is 12.8. The quantitative estimate of drug-likeness (QED) is 0.388. The molecule has 31 heavy (non-hydrogen) atoms. The number of anilines is 1. The van der Waals surface area contributed by atoms with Gasteiger partial charge in [0.2, 0.25) is 5.89 Å². The molecule has 0 saturated carbocycles. The van der Waals surface area contributed by atoms with Crippen LogP contribution < -0.4 is 10.1 Å². The van der Waals surface area contributed by atoms with E-state index in [1.807, 2.05) is 6.92 Å². The highest BCUT2D eigenvalue weighted by molar-refractivity contribution is 6.31. The number of hydrogen-bond donors (Lipinski definition) is 1. The molecule has 0 spiro atoms. The number of benzene rings is 2. The Kier molecular flexibility index (Phi) is 5.99. The molecule has 7 nitrogen and oxygen atoms in total. The van der Waals surface area contributed by atoms with E-state index >= 15 is 0 Å². The molecule has 0 atom stereocenters. The zero-order chi connectivity index (χ0) is 21.8. The third-order valence-corrected chi connectivity index (χ3v) is 4.50. The third-order valence-electron chi connectivity index (χ3n) is 4.27. The first-order valence-corrected chi connectivity index (χ1v) is 9.84. The van der Waals surface area contributed by atoms with E-state index in [1.165, 1.54) is 30.5 Å². The number of carbonyl (C=O) groups is 1. The van der Waals surface area contributed by atoms with Gasteiger partial charge in [-0.1, -0.05) is 18.5 Å². The maximum absolute atomic E-state index is 14.4. The molecular formula is C22H17ClFN3O4. The van der Waals surface area contributed by atoms with Gasteiger partial charge in [0.05, 0.1) is 24.1 Å². The normalized spacial score (nSPS) is 10.8. The lowest BCUT2D eigenvalue weighted by molar-refractivity contribution is 0.102. The number of hydrogen-bond acceptors (Lipinski definition) is 6. The van der Waals surface area contributed by atoms with Gasteiger partial charge in [-0.15, -0.1) is 10.2 Å². The van der Waals surface area contributed by atoms with Gasteiger partial charge in [-0.05, 0) is 55.0 Å². The van der Waals surface area contributed by atoms with Crippen LogP contribution in [0.1, 0.15) is 23.7 Å². The minimum absolute atomic E-state index is 0.0540. The molecule has 0 aliphatic carbocycles. The number of furan rings is 1. The summed E-state index contributed by atoms with van der Waals surface area (Å²) in [6.07, 6.45) is 2.25. The maximum Gasteiger partial charge on any atom is 0.283 e. The Labute approximate surface area is 181 Å². The lowest BCUT2D eigenvalue weighted by Crippen LogP contribution is -2.15. The fourth-order valence-corrected chi connectivity index (χ4v) is 2.97. The fraction of sp³-hybridized carbons (Fsp3) is 0.136. The summed E-state index contributed by atoms with van der Waals surface area (Å²) in [5.41, 5.74) is 0.570. The van der Waals surface area contributed by atoms with E-state index in [2.05, 4.69) is 15.5 Å². The first-order valence-electron chi connectivity index (χ1n) is 9.46. The second-order valence-corrected chi connectivity index (χ2v) is 6.96. The van der Waals surface area contributed by atoms with Crippen molar-refractivity contribution in [2.75, 3.05) is 11.9 Å². The number of amides is 1. The molecule has 4 rings (SSSR count). The van der Waals surface area contributed by atoms with Crippen molar-refractivity contribution in [1.82, 2.24) is 10.2 Å². The molecular weight excluding hydrogens is 425 g/mol. The average molecular weight is 442 g/mol. The second kappa shape index (κ2) is 9.01. The Hall–Kier alpha value is -3.65. The number of carbonyl (C=O) groups excluding carboxylic acids is 1. The minimum atomic E-state index is -0.624. The Morgan fingerprint density at radius 3 is 2.77 bits per heavy atom. The van der Waals surface area contributed by atoms with Crippen LogP contribution in [-0.4, -0.2) is 22.7 Å². The highest BCUT2D eigenvalue weighted by Crippen LogP contribution is 2.29. The van der Waals surface area contributed by atoms with Crippen LogP contribution in [0.3, 0.4) is 0 Å². The van der Waals surface area contributed by atoms with Crippen molar-refractivity contribution < 1.29 is 22.8 Å². The van der Waals surface area contributed by atoms with Crippen LogP contribution in [0.5, 0.6) is 5.75 Å². The predicted octanol–water partition coefficient (Wildman–Crippen LogP) is 5.83. The van der Waals surface area contributed by atoms with Crippen molar-refractivity contribution in [2.24, 2.45) is 0 Å². The Morgan fingerprint density at radius 2 is 2.00 bits per heavy atom. The second-order valence-electron chi connectivity index (χ2n) is 6.53. The summed E-state index contributed by atoms with van der Waals surface area (Å²) in [7, 11) is 0. The van der Waals surface area contributed by atoms with Gasteiger partial charge in [-0.2, -0.15) is 0 Å². The van der Waals surface area contributed by atoms with Crippen LogP contribution >= 0.6 is 11.6 Å². The van der Waals surface area contributed by atoms with Gasteiger partial charge in [0.15, 0.2) is 5.76 Å². The van der Waals surface area contributed by atoms with Gasteiger partial charge < -0.3 is 18.9 Å². The Morgan fingerprint density at radius 1 is 1.16 bits per heavy atom. The molecule has 158 valence electrons. The average Bonchev–Trinajstić information content (AvgIpc) is 3.46. The summed E-state index contributed by atoms with van der Waals surface area (Å²) >= 11 is 6.03. The standard InChI is InChI=1S/C22H17ClFN3O4/c1-2-9-29-18-8-6-14(23)12-15(18)20(28)25-17-11-13(5-7-16(17)24)21-26-27-22(31-21)19-4-3-10-30-19/h3-8,10-12H,2,9H2,1H3,(H,25,28). The van der Waals surface area contributed by atoms with E-state index in [1.54, 1.807) is 24.3 Å². The van der Waals surface area contributed by atoms with E-state index < -0.39 is 11.7 Å². The molecule has 0 saturated heterocycles. The molecule has 0 fully saturated rings. The van der Waals surface area contributed by atoms with Crippen molar-refractivity contribution in [1.29, 1.82) is 0 Å². The van der Waals surface area contributed by atoms with Gasteiger partial charge in [0, 0.05) is 10.6 Å². The smallest absolute Gasteiger partial charge is 0.283 e. The van der Waals surface area contributed by atoms with Crippen LogP contribution in [0, 0.1) is 5.82 Å². The van der Waals surface area contributed by atoms with Crippen LogP contribution in [-0.2, 0) is 0 Å². The summed E-state index contributed by atoms with van der Waals surface area (Å²) in [6.45, 7) is 2.38. The summed E-state index contributed by atoms with van der Waals surface area (Å²) in [6, 6.07) is 12.1. The first-order chi connectivity index (χ1) is 15.0. The lowest BCUT2D eigenvalue weighted by atomic mass is 10.1. The highest BCUT2D eigenvalue weighted by Gasteiger charge is 2.18. The molecule has 1 amide bonds. The summed E-state index contributed by atoms with van der Waals surface area (Å²) in [5, 5.41) is 10.8. The van der Waals surface area contributed by atoms with E-state index in [0.29, 0.717) is 28.7 Å². The molecule has 4 aromatic rings. The molecule has 1 N–H and O–H groups in total. The summed E-state index contributed by atoms with van der Waals surface area (Å²) < 4.78 is 30.8. The van der Waals surface area contributed by atoms with Gasteiger partial charge in [-0.3, -0.25) is 4.79 Å². The van der Waals surface area contributed by atoms with Crippen LogP contribution in [0.4, 0.5) is 10.1 Å². The number of rotatable bonds is 7. The van der Waals surface area contributed by atoms with E-state index in [-0.39, 0.29) is 23.0 Å². The Balaban J connectivity index is 1.60. The maximum atomic E-state index is 14.4. The van der Waals surface area contributed by atoms with Crippen molar-refractivity contribution >= 4 is 23.2 Å². The van der Waals surface area contributed by atoms with Crippen molar-refractivity contribution in [3.8, 4) is 28.9 Å². The summed E-state index contributed by atoms with van der Waals surface area (Å²) in [5.74, 6) is -0.0779. The van der Waals surface area contributed by atoms with Crippen molar-refractivity contribution in [3.05, 3.63) is 71.2 Å². The number of ether oxygens (including phenoxy) is 1. The molecule has 2 aromatic carbocycles. The van der Waals surface area contributed by atoms with Crippen LogP contribution in [0.15, 0.2) is 63.6 Å². The number of halogens is 2. The van der Waals surface area contributed by atoms with Crippen molar-refractivity contribution in [2.45, 2.75) is 13.3 Å². The number of nitrogens with one attached hydrogen (secondary N) is 1.